The van der Waals surface area contributed by atoms with Gasteiger partial charge in [-0.05, 0) is 20.8 Å². The molecular weight excluding hydrogens is 284 g/mol. The molecule has 0 aliphatic carbocycles. The van der Waals surface area contributed by atoms with E-state index in [1.807, 2.05) is 20.8 Å². The highest BCUT2D eigenvalue weighted by atomic mass is 16.5. The molecule has 0 saturated carbocycles. The van der Waals surface area contributed by atoms with Crippen LogP contribution in [0.2, 0.25) is 0 Å². The molecule has 0 aromatic carbocycles. The summed E-state index contributed by atoms with van der Waals surface area (Å²) in [7, 11) is 1.78. The Morgan fingerprint density at radius 2 is 2.09 bits per heavy atom. The van der Waals surface area contributed by atoms with E-state index in [0.29, 0.717) is 6.54 Å². The van der Waals surface area contributed by atoms with Crippen LogP contribution in [0.25, 0.3) is 0 Å². The fourth-order valence-electron chi connectivity index (χ4n) is 2.57. The monoisotopic (exact) mass is 310 g/mol. The fourth-order valence-corrected chi connectivity index (χ4v) is 2.57. The first-order chi connectivity index (χ1) is 10.5. The van der Waals surface area contributed by atoms with Crippen molar-refractivity contribution in [2.24, 2.45) is 0 Å². The molecule has 124 valence electrons. The molecule has 1 aromatic rings. The molecule has 2 rings (SSSR count). The third kappa shape index (κ3) is 4.45. The molecular formula is C15H26N4O3. The number of carbonyl (C=O) groups excluding carboxylic acids is 1. The average molecular weight is 310 g/mol. The van der Waals surface area contributed by atoms with Gasteiger partial charge in [0.1, 0.15) is 5.76 Å². The highest BCUT2D eigenvalue weighted by Gasteiger charge is 2.19. The normalized spacial score (nSPS) is 17.3. The van der Waals surface area contributed by atoms with Crippen molar-refractivity contribution in [3.63, 3.8) is 0 Å². The summed E-state index contributed by atoms with van der Waals surface area (Å²) in [4.78, 5) is 16.2. The van der Waals surface area contributed by atoms with Crippen LogP contribution in [0.1, 0.15) is 23.9 Å². The van der Waals surface area contributed by atoms with Gasteiger partial charge in [-0.1, -0.05) is 5.16 Å². The number of nitrogens with one attached hydrogen (secondary N) is 1. The third-order valence-electron chi connectivity index (χ3n) is 3.93. The molecule has 2 heterocycles. The van der Waals surface area contributed by atoms with E-state index in [1.165, 1.54) is 0 Å². The maximum atomic E-state index is 12.3. The Morgan fingerprint density at radius 3 is 2.68 bits per heavy atom. The van der Waals surface area contributed by atoms with Gasteiger partial charge in [0.15, 0.2) is 0 Å². The second-order valence-corrected chi connectivity index (χ2v) is 5.92. The van der Waals surface area contributed by atoms with Gasteiger partial charge >= 0.3 is 6.03 Å². The molecule has 1 aliphatic heterocycles. The smallest absolute Gasteiger partial charge is 0.317 e. The summed E-state index contributed by atoms with van der Waals surface area (Å²) in [6, 6.07) is 0.0125. The zero-order chi connectivity index (χ0) is 16.1. The average Bonchev–Trinajstić information content (AvgIpc) is 2.80. The van der Waals surface area contributed by atoms with Gasteiger partial charge in [-0.2, -0.15) is 0 Å². The van der Waals surface area contributed by atoms with Gasteiger partial charge in [0, 0.05) is 38.3 Å². The molecule has 7 heteroatoms. The number of aromatic nitrogens is 1. The van der Waals surface area contributed by atoms with Crippen LogP contribution in [-0.2, 0) is 11.3 Å². The molecule has 1 N–H and O–H groups in total. The van der Waals surface area contributed by atoms with E-state index in [9.17, 15) is 4.79 Å². The van der Waals surface area contributed by atoms with Crippen molar-refractivity contribution >= 4 is 6.03 Å². The second kappa shape index (κ2) is 7.60. The number of nitrogens with zero attached hydrogens (tertiary/aromatic N) is 3. The van der Waals surface area contributed by atoms with Gasteiger partial charge in [0.2, 0.25) is 0 Å². The van der Waals surface area contributed by atoms with E-state index in [4.69, 9.17) is 9.26 Å². The fraction of sp³-hybridized carbons (Fsp3) is 0.733. The second-order valence-electron chi connectivity index (χ2n) is 5.92. The van der Waals surface area contributed by atoms with Crippen molar-refractivity contribution in [3.8, 4) is 0 Å². The number of hydrogen-bond donors (Lipinski definition) is 1. The Hall–Kier alpha value is -1.60. The largest absolute Gasteiger partial charge is 0.379 e. The minimum Gasteiger partial charge on any atom is -0.379 e. The number of morpholine rings is 1. The summed E-state index contributed by atoms with van der Waals surface area (Å²) in [5.74, 6) is 0.763. The van der Waals surface area contributed by atoms with E-state index in [1.54, 1.807) is 11.9 Å². The highest BCUT2D eigenvalue weighted by molar-refractivity contribution is 5.74. The summed E-state index contributed by atoms with van der Waals surface area (Å²) in [6.07, 6.45) is 0. The SMILES string of the molecule is Cc1noc(C)c1CN(C)C(=O)NC(C)CN1CCOCC1. The van der Waals surface area contributed by atoms with E-state index >= 15 is 0 Å². The maximum Gasteiger partial charge on any atom is 0.317 e. The zero-order valence-electron chi connectivity index (χ0n) is 13.9. The number of ether oxygens (including phenoxy) is 1. The third-order valence-corrected chi connectivity index (χ3v) is 3.93. The van der Waals surface area contributed by atoms with Crippen LogP contribution in [0.4, 0.5) is 4.79 Å². The Labute approximate surface area is 131 Å². The predicted octanol–water partition coefficient (Wildman–Crippen LogP) is 1.15. The first-order valence-electron chi connectivity index (χ1n) is 7.71. The molecule has 1 saturated heterocycles. The van der Waals surface area contributed by atoms with E-state index in [2.05, 4.69) is 15.4 Å². The Bertz CT molecular complexity index is 477. The first kappa shape index (κ1) is 16.8. The molecule has 1 aromatic heterocycles. The van der Waals surface area contributed by atoms with Crippen molar-refractivity contribution in [2.45, 2.75) is 33.4 Å². The lowest BCUT2D eigenvalue weighted by atomic mass is 10.2. The maximum absolute atomic E-state index is 12.3. The Morgan fingerprint density at radius 1 is 1.41 bits per heavy atom. The minimum atomic E-state index is -0.0826. The summed E-state index contributed by atoms with van der Waals surface area (Å²) < 4.78 is 10.5. The van der Waals surface area contributed by atoms with Crippen LogP contribution in [0, 0.1) is 13.8 Å². The van der Waals surface area contributed by atoms with E-state index in [0.717, 1.165) is 49.9 Å². The van der Waals surface area contributed by atoms with Gasteiger partial charge in [-0.3, -0.25) is 4.90 Å². The van der Waals surface area contributed by atoms with Crippen molar-refractivity contribution in [1.82, 2.24) is 20.3 Å². The topological polar surface area (TPSA) is 70.8 Å². The molecule has 0 spiro atoms. The molecule has 0 radical (unpaired) electrons. The number of urea groups is 1. The lowest BCUT2D eigenvalue weighted by Crippen LogP contribution is -2.48. The van der Waals surface area contributed by atoms with Gasteiger partial charge in [-0.15, -0.1) is 0 Å². The summed E-state index contributed by atoms with van der Waals surface area (Å²) in [5, 5.41) is 6.95. The number of hydrogen-bond acceptors (Lipinski definition) is 5. The standard InChI is InChI=1S/C15H26N4O3/c1-11(9-19-5-7-21-8-6-19)16-15(20)18(4)10-14-12(2)17-22-13(14)3/h11H,5-10H2,1-4H3,(H,16,20). The Balaban J connectivity index is 1.80. The van der Waals surface area contributed by atoms with Crippen molar-refractivity contribution < 1.29 is 14.1 Å². The molecule has 1 atom stereocenters. The van der Waals surface area contributed by atoms with Gasteiger partial charge in [0.05, 0.1) is 25.5 Å². The van der Waals surface area contributed by atoms with Crippen molar-refractivity contribution in [3.05, 3.63) is 17.0 Å². The molecule has 1 aliphatic rings. The van der Waals surface area contributed by atoms with Crippen LogP contribution >= 0.6 is 0 Å². The quantitative estimate of drug-likeness (QED) is 0.883. The van der Waals surface area contributed by atoms with Gasteiger partial charge < -0.3 is 19.5 Å². The molecule has 0 bridgehead atoms. The van der Waals surface area contributed by atoms with Crippen molar-refractivity contribution in [2.75, 3.05) is 39.9 Å². The summed E-state index contributed by atoms with van der Waals surface area (Å²) in [6.45, 7) is 10.5. The number of rotatable bonds is 5. The van der Waals surface area contributed by atoms with Crippen molar-refractivity contribution in [1.29, 1.82) is 0 Å². The number of amides is 2. The van der Waals surface area contributed by atoms with Crippen LogP contribution in [0.3, 0.4) is 0 Å². The lowest BCUT2D eigenvalue weighted by molar-refractivity contribution is 0.0347. The summed E-state index contributed by atoms with van der Waals surface area (Å²) in [5.41, 5.74) is 1.80. The van der Waals surface area contributed by atoms with Gasteiger partial charge in [-0.25, -0.2) is 4.79 Å². The minimum absolute atomic E-state index is 0.0826. The molecule has 1 fully saturated rings. The van der Waals surface area contributed by atoms with Crippen LogP contribution in [0.15, 0.2) is 4.52 Å². The summed E-state index contributed by atoms with van der Waals surface area (Å²) >= 11 is 0. The first-order valence-corrected chi connectivity index (χ1v) is 7.71. The lowest BCUT2D eigenvalue weighted by Gasteiger charge is -2.30. The van der Waals surface area contributed by atoms with Crippen LogP contribution < -0.4 is 5.32 Å². The predicted molar refractivity (Wildman–Crippen MR) is 82.7 cm³/mol. The number of aryl methyl sites for hydroxylation is 2. The highest BCUT2D eigenvalue weighted by Crippen LogP contribution is 2.14. The number of carbonyl (C=O) groups is 1. The molecule has 2 amide bonds. The molecule has 22 heavy (non-hydrogen) atoms. The Kier molecular flexibility index (Phi) is 5.79. The van der Waals surface area contributed by atoms with Crippen LogP contribution in [0.5, 0.6) is 0 Å². The van der Waals surface area contributed by atoms with Crippen LogP contribution in [-0.4, -0.2) is 66.9 Å². The molecule has 7 nitrogen and oxygen atoms in total. The van der Waals surface area contributed by atoms with Gasteiger partial charge in [0.25, 0.3) is 0 Å². The zero-order valence-corrected chi connectivity index (χ0v) is 13.9. The van der Waals surface area contributed by atoms with E-state index in [-0.39, 0.29) is 12.1 Å². The van der Waals surface area contributed by atoms with E-state index < -0.39 is 0 Å². The molecule has 1 unspecified atom stereocenters.